The first kappa shape index (κ1) is 21.2. The van der Waals surface area contributed by atoms with Crippen LogP contribution in [0.3, 0.4) is 0 Å². The maximum absolute atomic E-state index is 9.64. The molecule has 0 fully saturated rings. The molecule has 30 heavy (non-hydrogen) atoms. The highest BCUT2D eigenvalue weighted by Crippen LogP contribution is 2.40. The molecule has 0 atom stereocenters. The third-order valence-electron chi connectivity index (χ3n) is 4.71. The summed E-state index contributed by atoms with van der Waals surface area (Å²) in [4.78, 5) is 4.65. The first-order valence-corrected chi connectivity index (χ1v) is 10.1. The normalized spacial score (nSPS) is 11.0. The van der Waals surface area contributed by atoms with E-state index in [-0.39, 0.29) is 0 Å². The Morgan fingerprint density at radius 2 is 1.73 bits per heavy atom. The molecular formula is C23H23N3O3S. The van der Waals surface area contributed by atoms with E-state index in [1.165, 1.54) is 22.5 Å². The lowest BCUT2D eigenvalue weighted by atomic mass is 10.1. The summed E-state index contributed by atoms with van der Waals surface area (Å²) in [6, 6.07) is 12.0. The van der Waals surface area contributed by atoms with Crippen molar-refractivity contribution < 1.29 is 14.2 Å². The molecule has 0 saturated heterocycles. The van der Waals surface area contributed by atoms with Gasteiger partial charge in [0.25, 0.3) is 0 Å². The van der Waals surface area contributed by atoms with Crippen LogP contribution in [0.1, 0.15) is 16.1 Å². The first-order valence-electron chi connectivity index (χ1n) is 9.21. The second kappa shape index (κ2) is 9.33. The zero-order valence-corrected chi connectivity index (χ0v) is 18.4. The predicted molar refractivity (Wildman–Crippen MR) is 120 cm³/mol. The van der Waals surface area contributed by atoms with Crippen LogP contribution in [-0.2, 0) is 0 Å². The Kier molecular flexibility index (Phi) is 6.60. The molecule has 2 aromatic carbocycles. The van der Waals surface area contributed by atoms with E-state index in [0.717, 1.165) is 11.3 Å². The summed E-state index contributed by atoms with van der Waals surface area (Å²) in [5, 5.41) is 15.4. The Bertz CT molecular complexity index is 1100. The van der Waals surface area contributed by atoms with Crippen molar-refractivity contribution in [3.05, 3.63) is 58.0 Å². The van der Waals surface area contributed by atoms with Crippen LogP contribution in [0.2, 0.25) is 0 Å². The smallest absolute Gasteiger partial charge is 0.203 e. The molecular weight excluding hydrogens is 398 g/mol. The number of allylic oxidation sites excluding steroid dienone is 1. The minimum Gasteiger partial charge on any atom is -0.493 e. The number of anilines is 1. The maximum atomic E-state index is 9.64. The fourth-order valence-corrected chi connectivity index (χ4v) is 3.69. The minimum absolute atomic E-state index is 0.434. The lowest BCUT2D eigenvalue weighted by Crippen LogP contribution is -1.98. The lowest BCUT2D eigenvalue weighted by Gasteiger charge is -2.14. The molecule has 0 amide bonds. The Hall–Kier alpha value is -3.50. The van der Waals surface area contributed by atoms with Crippen molar-refractivity contribution in [1.29, 1.82) is 5.26 Å². The number of nitriles is 1. The molecule has 0 aliphatic heterocycles. The Balaban J connectivity index is 1.88. The van der Waals surface area contributed by atoms with Crippen LogP contribution < -0.4 is 19.5 Å². The van der Waals surface area contributed by atoms with E-state index in [1.807, 2.05) is 11.4 Å². The van der Waals surface area contributed by atoms with Gasteiger partial charge in [-0.1, -0.05) is 12.1 Å². The number of ether oxygens (including phenoxy) is 3. The number of nitrogens with one attached hydrogen (secondary N) is 1. The number of nitrogens with zero attached hydrogens (tertiary/aromatic N) is 2. The van der Waals surface area contributed by atoms with E-state index in [1.54, 1.807) is 39.7 Å². The molecule has 3 rings (SSSR count). The van der Waals surface area contributed by atoms with E-state index in [0.29, 0.717) is 33.5 Å². The quantitative estimate of drug-likeness (QED) is 0.513. The molecule has 0 aliphatic rings. The molecule has 1 N–H and O–H groups in total. The van der Waals surface area contributed by atoms with Crippen molar-refractivity contribution in [2.75, 3.05) is 26.6 Å². The number of rotatable bonds is 7. The van der Waals surface area contributed by atoms with Crippen LogP contribution in [0.15, 0.2) is 41.9 Å². The monoisotopic (exact) mass is 421 g/mol. The zero-order chi connectivity index (χ0) is 21.7. The van der Waals surface area contributed by atoms with Crippen LogP contribution in [-0.4, -0.2) is 26.3 Å². The van der Waals surface area contributed by atoms with Gasteiger partial charge in [0.2, 0.25) is 5.75 Å². The molecule has 0 unspecified atom stereocenters. The van der Waals surface area contributed by atoms with Crippen LogP contribution in [0.25, 0.3) is 16.8 Å². The van der Waals surface area contributed by atoms with Gasteiger partial charge in [-0.2, -0.15) is 5.26 Å². The Morgan fingerprint density at radius 3 is 2.30 bits per heavy atom. The van der Waals surface area contributed by atoms with Gasteiger partial charge in [-0.05, 0) is 31.0 Å². The number of aryl methyl sites for hydroxylation is 2. The summed E-state index contributed by atoms with van der Waals surface area (Å²) in [5.41, 5.74) is 5.47. The van der Waals surface area contributed by atoms with Gasteiger partial charge in [0, 0.05) is 35.0 Å². The fourth-order valence-electron chi connectivity index (χ4n) is 2.89. The standard InChI is InChI=1S/C23H23N3O3S/c1-14-6-7-16(8-15(14)2)19-13-30-23(26-19)17(11-24)12-25-18-9-20(27-3)22(29-5)21(10-18)28-4/h6-10,12-13,25H,1-5H3/b17-12-. The second-order valence-corrected chi connectivity index (χ2v) is 7.42. The number of thiazole rings is 1. The molecule has 0 saturated carbocycles. The fraction of sp³-hybridized carbons (Fsp3) is 0.217. The summed E-state index contributed by atoms with van der Waals surface area (Å²) in [5.74, 6) is 1.56. The van der Waals surface area contributed by atoms with Crippen LogP contribution in [0.4, 0.5) is 5.69 Å². The maximum Gasteiger partial charge on any atom is 0.203 e. The number of benzene rings is 2. The molecule has 1 aromatic heterocycles. The van der Waals surface area contributed by atoms with Crippen molar-refractivity contribution >= 4 is 22.6 Å². The van der Waals surface area contributed by atoms with Gasteiger partial charge < -0.3 is 19.5 Å². The van der Waals surface area contributed by atoms with Gasteiger partial charge in [-0.25, -0.2) is 4.98 Å². The second-order valence-electron chi connectivity index (χ2n) is 6.57. The van der Waals surface area contributed by atoms with Gasteiger partial charge in [0.05, 0.1) is 27.0 Å². The highest BCUT2D eigenvalue weighted by molar-refractivity contribution is 7.11. The third kappa shape index (κ3) is 4.39. The average Bonchev–Trinajstić information content (AvgIpc) is 3.25. The van der Waals surface area contributed by atoms with E-state index < -0.39 is 0 Å². The van der Waals surface area contributed by atoms with Crippen LogP contribution in [0, 0.1) is 25.2 Å². The highest BCUT2D eigenvalue weighted by Gasteiger charge is 2.14. The topological polar surface area (TPSA) is 76.4 Å². The molecule has 0 spiro atoms. The molecule has 3 aromatic rings. The SMILES string of the molecule is COc1cc(N/C=C(/C#N)c2nc(-c3ccc(C)c(C)c3)cs2)cc(OC)c1OC. The molecule has 0 aliphatic carbocycles. The van der Waals surface area contributed by atoms with Crippen molar-refractivity contribution in [2.24, 2.45) is 0 Å². The molecule has 154 valence electrons. The van der Waals surface area contributed by atoms with Crippen molar-refractivity contribution in [2.45, 2.75) is 13.8 Å². The van der Waals surface area contributed by atoms with E-state index in [2.05, 4.69) is 42.4 Å². The molecule has 0 bridgehead atoms. The van der Waals surface area contributed by atoms with Gasteiger partial charge in [0.15, 0.2) is 11.5 Å². The summed E-state index contributed by atoms with van der Waals surface area (Å²) in [6.07, 6.45) is 1.63. The number of hydrogen-bond acceptors (Lipinski definition) is 7. The number of aromatic nitrogens is 1. The average molecular weight is 422 g/mol. The molecule has 7 heteroatoms. The van der Waals surface area contributed by atoms with Crippen molar-refractivity contribution in [1.82, 2.24) is 4.98 Å². The van der Waals surface area contributed by atoms with E-state index >= 15 is 0 Å². The predicted octanol–water partition coefficient (Wildman–Crippen LogP) is 5.43. The van der Waals surface area contributed by atoms with Crippen molar-refractivity contribution in [3.63, 3.8) is 0 Å². The van der Waals surface area contributed by atoms with E-state index in [9.17, 15) is 5.26 Å². The first-order chi connectivity index (χ1) is 14.5. The summed E-state index contributed by atoms with van der Waals surface area (Å²) in [6.45, 7) is 4.16. The number of methoxy groups -OCH3 is 3. The Labute approximate surface area is 180 Å². The van der Waals surface area contributed by atoms with Gasteiger partial charge >= 0.3 is 0 Å². The highest BCUT2D eigenvalue weighted by atomic mass is 32.1. The van der Waals surface area contributed by atoms with Gasteiger partial charge in [0.1, 0.15) is 16.6 Å². The summed E-state index contributed by atoms with van der Waals surface area (Å²) >= 11 is 1.43. The number of hydrogen-bond donors (Lipinski definition) is 1. The zero-order valence-electron chi connectivity index (χ0n) is 17.6. The third-order valence-corrected chi connectivity index (χ3v) is 5.58. The molecule has 1 heterocycles. The largest absolute Gasteiger partial charge is 0.493 e. The molecule has 6 nitrogen and oxygen atoms in total. The van der Waals surface area contributed by atoms with Crippen LogP contribution >= 0.6 is 11.3 Å². The van der Waals surface area contributed by atoms with Crippen LogP contribution in [0.5, 0.6) is 17.2 Å². The summed E-state index contributed by atoms with van der Waals surface area (Å²) in [7, 11) is 4.67. The lowest BCUT2D eigenvalue weighted by molar-refractivity contribution is 0.324. The summed E-state index contributed by atoms with van der Waals surface area (Å²) < 4.78 is 16.1. The molecule has 0 radical (unpaired) electrons. The van der Waals surface area contributed by atoms with E-state index in [4.69, 9.17) is 14.2 Å². The Morgan fingerprint density at radius 1 is 1.03 bits per heavy atom. The van der Waals surface area contributed by atoms with Gasteiger partial charge in [-0.3, -0.25) is 0 Å². The van der Waals surface area contributed by atoms with Gasteiger partial charge in [-0.15, -0.1) is 11.3 Å². The van der Waals surface area contributed by atoms with Crippen molar-refractivity contribution in [3.8, 4) is 34.6 Å². The minimum atomic E-state index is 0.434.